The lowest BCUT2D eigenvalue weighted by atomic mass is 9.77. The van der Waals surface area contributed by atoms with Crippen molar-refractivity contribution in [3.63, 3.8) is 0 Å². The second-order valence-corrected chi connectivity index (χ2v) is 13.6. The Hall–Kier alpha value is -3.64. The molecule has 0 bridgehead atoms. The van der Waals surface area contributed by atoms with E-state index >= 15 is 0 Å². The van der Waals surface area contributed by atoms with Gasteiger partial charge in [-0.25, -0.2) is 9.79 Å². The van der Waals surface area contributed by atoms with Gasteiger partial charge in [0.2, 0.25) is 11.8 Å². The monoisotopic (exact) mass is 635 g/mol. The number of hydrogen-bond acceptors (Lipinski definition) is 11. The highest BCUT2D eigenvalue weighted by molar-refractivity contribution is 8.00. The van der Waals surface area contributed by atoms with Crippen molar-refractivity contribution >= 4 is 47.1 Å². The number of aromatic amines is 1. The third-order valence-electron chi connectivity index (χ3n) is 9.06. The quantitative estimate of drug-likeness (QED) is 0.0528. The van der Waals surface area contributed by atoms with Crippen LogP contribution in [0.3, 0.4) is 0 Å². The zero-order chi connectivity index (χ0) is 31.7. The number of aliphatic carboxylic acids is 1. The Bertz CT molecular complexity index is 1310. The largest absolute Gasteiger partial charge is 0.480 e. The van der Waals surface area contributed by atoms with Gasteiger partial charge in [0.05, 0.1) is 24.1 Å². The summed E-state index contributed by atoms with van der Waals surface area (Å²) in [4.78, 5) is 70.2. The van der Waals surface area contributed by atoms with E-state index < -0.39 is 47.3 Å². The molecule has 18 heteroatoms. The molecule has 6 unspecified atom stereocenters. The normalized spacial score (nSPS) is 31.8. The number of aromatic nitrogens is 4. The number of ketones is 2. The number of amides is 2. The maximum absolute atomic E-state index is 13.3. The number of thioether (sulfide) groups is 1. The molecular formula is C26H39N10O7S+. The summed E-state index contributed by atoms with van der Waals surface area (Å²) in [6.45, 7) is 3.25. The summed E-state index contributed by atoms with van der Waals surface area (Å²) < 4.78 is 1.35. The molecule has 0 aliphatic carbocycles. The molecule has 1 aromatic heterocycles. The number of nitrogens with one attached hydrogen (secondary N) is 2. The molecule has 1 aromatic rings. The van der Waals surface area contributed by atoms with Crippen LogP contribution in [0.1, 0.15) is 32.6 Å². The van der Waals surface area contributed by atoms with Gasteiger partial charge < -0.3 is 36.8 Å². The van der Waals surface area contributed by atoms with Gasteiger partial charge in [-0.2, -0.15) is 16.4 Å². The number of tetrazole rings is 1. The van der Waals surface area contributed by atoms with Crippen molar-refractivity contribution in [1.29, 1.82) is 0 Å². The van der Waals surface area contributed by atoms with Crippen LogP contribution >= 0.6 is 11.8 Å². The number of guanidine groups is 1. The third-order valence-corrected chi connectivity index (χ3v) is 10.8. The van der Waals surface area contributed by atoms with E-state index in [2.05, 4.69) is 25.8 Å². The topological polar surface area (TPSA) is 254 Å². The van der Waals surface area contributed by atoms with Crippen molar-refractivity contribution in [3.05, 3.63) is 6.33 Å². The van der Waals surface area contributed by atoms with Crippen molar-refractivity contribution < 1.29 is 38.9 Å². The summed E-state index contributed by atoms with van der Waals surface area (Å²) in [7, 11) is 0. The van der Waals surface area contributed by atoms with E-state index in [1.54, 1.807) is 4.90 Å². The van der Waals surface area contributed by atoms with Gasteiger partial charge in [0.1, 0.15) is 24.2 Å². The molecule has 4 aliphatic rings. The first kappa shape index (κ1) is 31.8. The van der Waals surface area contributed by atoms with Crippen LogP contribution in [-0.4, -0.2) is 132 Å². The minimum atomic E-state index is -1.24. The number of carboxylic acids is 1. The minimum Gasteiger partial charge on any atom is -0.480 e. The number of carboxylic acid groups (broad SMARTS) is 1. The van der Waals surface area contributed by atoms with Crippen LogP contribution < -0.4 is 21.5 Å². The Morgan fingerprint density at radius 1 is 1.27 bits per heavy atom. The van der Waals surface area contributed by atoms with Gasteiger partial charge in [0, 0.05) is 43.0 Å². The van der Waals surface area contributed by atoms with E-state index in [1.165, 1.54) is 27.7 Å². The maximum atomic E-state index is 13.3. The lowest BCUT2D eigenvalue weighted by Crippen LogP contribution is -2.66. The van der Waals surface area contributed by atoms with Crippen LogP contribution in [0.2, 0.25) is 0 Å². The fraction of sp³-hybridized carbons (Fsp3) is 0.731. The highest BCUT2D eigenvalue weighted by Crippen LogP contribution is 2.50. The molecule has 0 saturated carbocycles. The summed E-state index contributed by atoms with van der Waals surface area (Å²) in [6.07, 6.45) is 1.35. The van der Waals surface area contributed by atoms with Crippen LogP contribution in [-0.2, 0) is 30.5 Å². The third kappa shape index (κ3) is 6.56. The van der Waals surface area contributed by atoms with Gasteiger partial charge in [-0.1, -0.05) is 12.1 Å². The maximum Gasteiger partial charge on any atom is 0.327 e. The first-order valence-corrected chi connectivity index (χ1v) is 15.6. The molecule has 0 aromatic carbocycles. The van der Waals surface area contributed by atoms with Crippen LogP contribution in [0.25, 0.3) is 0 Å². The number of aliphatic imine (C=N–C) groups is 1. The lowest BCUT2D eigenvalue weighted by molar-refractivity contribution is -0.742. The zero-order valence-electron chi connectivity index (χ0n) is 24.3. The number of β-lactam (4-membered cyclic amide) rings is 1. The number of nitrogens with two attached hydrogens (primary N) is 2. The molecule has 2 amide bonds. The molecule has 17 nitrogen and oxygen atoms in total. The Morgan fingerprint density at radius 3 is 2.73 bits per heavy atom. The summed E-state index contributed by atoms with van der Waals surface area (Å²) in [6, 6.07) is -2.00. The van der Waals surface area contributed by atoms with Gasteiger partial charge in [0.15, 0.2) is 22.7 Å². The second kappa shape index (κ2) is 13.2. The fourth-order valence-electron chi connectivity index (χ4n) is 7.04. The fourth-order valence-corrected chi connectivity index (χ4v) is 8.79. The van der Waals surface area contributed by atoms with E-state index in [9.17, 15) is 34.2 Å². The number of hydrogen-bond donors (Lipinski definition) is 6. The Balaban J connectivity index is 1.14. The number of aliphatic hydroxyl groups is 1. The molecular weight excluding hydrogens is 596 g/mol. The van der Waals surface area contributed by atoms with Gasteiger partial charge in [-0.15, -0.1) is 0 Å². The van der Waals surface area contributed by atoms with Crippen molar-refractivity contribution in [2.75, 3.05) is 26.2 Å². The number of rotatable bonds is 13. The van der Waals surface area contributed by atoms with Crippen LogP contribution in [0, 0.1) is 17.8 Å². The molecule has 4 aliphatic heterocycles. The van der Waals surface area contributed by atoms with E-state index in [0.29, 0.717) is 38.9 Å². The average molecular weight is 636 g/mol. The van der Waals surface area contributed by atoms with Crippen molar-refractivity contribution in [2.45, 2.75) is 73.9 Å². The van der Waals surface area contributed by atoms with E-state index in [0.717, 1.165) is 0 Å². The van der Waals surface area contributed by atoms with Crippen molar-refractivity contribution in [3.8, 4) is 0 Å². The molecule has 44 heavy (non-hydrogen) atoms. The minimum absolute atomic E-state index is 0.0440. The molecule has 4 fully saturated rings. The highest BCUT2D eigenvalue weighted by atomic mass is 32.2. The zero-order valence-corrected chi connectivity index (χ0v) is 25.1. The number of carbonyl (C=O) groups is 5. The van der Waals surface area contributed by atoms with Crippen LogP contribution in [0.15, 0.2) is 11.3 Å². The summed E-state index contributed by atoms with van der Waals surface area (Å²) in [5.74, 6) is -3.24. The van der Waals surface area contributed by atoms with E-state index in [1.807, 2.05) is 6.92 Å². The first-order chi connectivity index (χ1) is 20.9. The predicted octanol–water partition coefficient (Wildman–Crippen LogP) is -3.74. The number of nitrogens with zero attached hydrogens (tertiary/aromatic N) is 6. The van der Waals surface area contributed by atoms with E-state index in [-0.39, 0.29) is 60.0 Å². The molecule has 8 N–H and O–H groups in total. The SMILES string of the molecule is CC1C(SC2CNC(C(=O)N3CCC(CC(=O)CN=C(N)N)C3)C2)[C@@H](C(=O)O)N2C(=O)[C@H](C(O)CC(=O)C[n+]3cnn[nH]3)[C@@H]12. The molecule has 240 valence electrons. The van der Waals surface area contributed by atoms with Gasteiger partial charge in [0.25, 0.3) is 6.33 Å². The summed E-state index contributed by atoms with van der Waals surface area (Å²) >= 11 is 1.46. The summed E-state index contributed by atoms with van der Waals surface area (Å²) in [5, 5.41) is 33.3. The predicted molar refractivity (Wildman–Crippen MR) is 153 cm³/mol. The summed E-state index contributed by atoms with van der Waals surface area (Å²) in [5.41, 5.74) is 10.6. The van der Waals surface area contributed by atoms with Crippen LogP contribution in [0.4, 0.5) is 0 Å². The molecule has 5 heterocycles. The Labute approximate surface area is 257 Å². The number of carbonyl (C=O) groups excluding carboxylic acids is 4. The van der Waals surface area contributed by atoms with Crippen molar-refractivity contribution in [1.82, 2.24) is 30.6 Å². The molecule has 0 spiro atoms. The first-order valence-electron chi connectivity index (χ1n) is 14.7. The standard InChI is InChI=1S/C26H38N10O7S/c1-12-20-19(18(39)5-15(38)10-35-11-31-32-33-35)24(41)36(20)21(25(42)43)22(12)44-16-6-17(29-8-16)23(40)34-3-2-13(9-34)4-14(37)7-30-26(27)28/h11-13,16-22,29,39H,2-10H2,1H3,(H5,27,28,30,42,43)/p+1/t12?,13?,16?,17?,18?,19-,20-,21+,22?/m1/s1. The second-order valence-electron chi connectivity index (χ2n) is 12.1. The number of aliphatic hydroxyl groups excluding tert-OH is 1. The molecule has 5 rings (SSSR count). The number of H-pyrrole nitrogens is 1. The Morgan fingerprint density at radius 2 is 2.05 bits per heavy atom. The average Bonchev–Trinajstić information content (AvgIpc) is 3.76. The Kier molecular flexibility index (Phi) is 9.50. The number of likely N-dealkylation sites (tertiary alicyclic amines) is 1. The van der Waals surface area contributed by atoms with Crippen molar-refractivity contribution in [2.24, 2.45) is 34.2 Å². The molecule has 4 saturated heterocycles. The van der Waals surface area contributed by atoms with Crippen LogP contribution in [0.5, 0.6) is 0 Å². The van der Waals surface area contributed by atoms with Gasteiger partial charge in [-0.05, 0) is 24.7 Å². The highest BCUT2D eigenvalue weighted by Gasteiger charge is 2.65. The smallest absolute Gasteiger partial charge is 0.327 e. The lowest BCUT2D eigenvalue weighted by Gasteiger charge is -2.47. The van der Waals surface area contributed by atoms with E-state index in [4.69, 9.17) is 11.5 Å². The number of Topliss-reactive ketones (excluding diaryl/α,β-unsaturated/α-hetero) is 2. The van der Waals surface area contributed by atoms with Gasteiger partial charge in [-0.3, -0.25) is 19.2 Å². The molecule has 0 radical (unpaired) electrons. The molecule has 9 atom stereocenters. The van der Waals surface area contributed by atoms with Gasteiger partial charge >= 0.3 is 5.97 Å². The number of fused-ring (bicyclic) bond motifs is 1.